The highest BCUT2D eigenvalue weighted by Crippen LogP contribution is 2.29. The van der Waals surface area contributed by atoms with Crippen molar-refractivity contribution >= 4 is 0 Å². The molecular weight excluding hydrogens is 282 g/mol. The summed E-state index contributed by atoms with van der Waals surface area (Å²) in [5.41, 5.74) is 4.85. The number of aliphatic hydroxyl groups excluding tert-OH is 1. The van der Waals surface area contributed by atoms with Gasteiger partial charge in [-0.3, -0.25) is 14.3 Å². The van der Waals surface area contributed by atoms with Crippen molar-refractivity contribution in [3.63, 3.8) is 0 Å². The van der Waals surface area contributed by atoms with Crippen molar-refractivity contribution in [3.05, 3.63) is 33.1 Å². The molecule has 0 amide bonds. The van der Waals surface area contributed by atoms with Gasteiger partial charge in [0.25, 0.3) is 5.56 Å². The molecule has 1 aromatic rings. The average Bonchev–Trinajstić information content (AvgIpc) is 2.76. The van der Waals surface area contributed by atoms with Gasteiger partial charge in [-0.05, 0) is 0 Å². The van der Waals surface area contributed by atoms with Crippen molar-refractivity contribution in [2.45, 2.75) is 24.5 Å². The molecule has 118 valence electrons. The Morgan fingerprint density at radius 3 is 2.86 bits per heavy atom. The van der Waals surface area contributed by atoms with Gasteiger partial charge in [0.1, 0.15) is 12.2 Å². The minimum atomic E-state index is -0.821. The van der Waals surface area contributed by atoms with Gasteiger partial charge < -0.3 is 25.1 Å². The number of hydrogen-bond donors (Lipinski definition) is 3. The number of nitrogens with one attached hydrogen (secondary N) is 1. The van der Waals surface area contributed by atoms with E-state index in [1.54, 1.807) is 0 Å². The number of aromatic amines is 1. The van der Waals surface area contributed by atoms with E-state index in [0.717, 1.165) is 0 Å². The number of methoxy groups -OCH3 is 1. The minimum Gasteiger partial charge on any atom is -0.394 e. The number of nitrogens with two attached hydrogens (primary N) is 1. The molecule has 0 bridgehead atoms. The molecule has 2 rings (SSSR count). The second-order valence-corrected chi connectivity index (χ2v) is 4.67. The summed E-state index contributed by atoms with van der Waals surface area (Å²) in [5, 5.41) is 9.27. The van der Waals surface area contributed by atoms with Gasteiger partial charge in [-0.15, -0.1) is 0 Å². The first-order valence-electron chi connectivity index (χ1n) is 6.52. The van der Waals surface area contributed by atoms with E-state index >= 15 is 0 Å². The maximum atomic E-state index is 11.8. The first-order valence-corrected chi connectivity index (χ1v) is 6.52. The fourth-order valence-electron chi connectivity index (χ4n) is 2.23. The number of aromatic nitrogens is 2. The molecule has 0 unspecified atom stereocenters. The zero-order valence-electron chi connectivity index (χ0n) is 11.6. The number of H-pyrrole nitrogens is 1. The van der Waals surface area contributed by atoms with Crippen LogP contribution in [0, 0.1) is 0 Å². The van der Waals surface area contributed by atoms with E-state index < -0.39 is 35.7 Å². The second kappa shape index (κ2) is 6.96. The van der Waals surface area contributed by atoms with Crippen LogP contribution in [0.2, 0.25) is 0 Å². The van der Waals surface area contributed by atoms with Crippen molar-refractivity contribution < 1.29 is 19.3 Å². The standard InChI is InChI=1S/C12H19N3O6/c1-19-4-5-20-10-9(13)7(6-16)21-11(10)15-3-2-8(17)14-12(15)18/h2-3,7,9-11,16H,4-6,13H2,1H3,(H,14,17,18)/t7-,9-,10-,11-/m1/s1. The molecule has 0 spiro atoms. The van der Waals surface area contributed by atoms with Crippen LogP contribution >= 0.6 is 0 Å². The molecule has 9 heteroatoms. The summed E-state index contributed by atoms with van der Waals surface area (Å²) >= 11 is 0. The van der Waals surface area contributed by atoms with Crippen molar-refractivity contribution in [2.75, 3.05) is 26.9 Å². The molecule has 4 atom stereocenters. The zero-order chi connectivity index (χ0) is 15.4. The van der Waals surface area contributed by atoms with Crippen molar-refractivity contribution in [1.82, 2.24) is 9.55 Å². The second-order valence-electron chi connectivity index (χ2n) is 4.67. The Kier molecular flexibility index (Phi) is 5.26. The van der Waals surface area contributed by atoms with Gasteiger partial charge in [0, 0.05) is 19.4 Å². The summed E-state index contributed by atoms with van der Waals surface area (Å²) in [7, 11) is 1.54. The van der Waals surface area contributed by atoms with E-state index in [9.17, 15) is 14.7 Å². The normalized spacial score (nSPS) is 28.9. The Morgan fingerprint density at radius 2 is 2.24 bits per heavy atom. The van der Waals surface area contributed by atoms with Crippen molar-refractivity contribution in [1.29, 1.82) is 0 Å². The third kappa shape index (κ3) is 3.39. The topological polar surface area (TPSA) is 129 Å². The lowest BCUT2D eigenvalue weighted by Gasteiger charge is -2.22. The van der Waals surface area contributed by atoms with Gasteiger partial charge in [-0.2, -0.15) is 0 Å². The highest BCUT2D eigenvalue weighted by Gasteiger charge is 2.44. The van der Waals surface area contributed by atoms with Crippen LogP contribution in [0.15, 0.2) is 21.9 Å². The summed E-state index contributed by atoms with van der Waals surface area (Å²) in [4.78, 5) is 25.1. The summed E-state index contributed by atoms with van der Waals surface area (Å²) in [6, 6.07) is 0.602. The Bertz CT molecular complexity index is 571. The highest BCUT2D eigenvalue weighted by molar-refractivity contribution is 4.95. The number of aliphatic hydroxyl groups is 1. The van der Waals surface area contributed by atoms with Crippen LogP contribution in [0.3, 0.4) is 0 Å². The summed E-state index contributed by atoms with van der Waals surface area (Å²) in [6.45, 7) is 0.338. The molecule has 9 nitrogen and oxygen atoms in total. The van der Waals surface area contributed by atoms with E-state index in [2.05, 4.69) is 4.98 Å². The van der Waals surface area contributed by atoms with Gasteiger partial charge in [-0.25, -0.2) is 4.79 Å². The fraction of sp³-hybridized carbons (Fsp3) is 0.667. The molecular formula is C12H19N3O6. The summed E-state index contributed by atoms with van der Waals surface area (Å²) < 4.78 is 17.3. The third-order valence-corrected chi connectivity index (χ3v) is 3.31. The van der Waals surface area contributed by atoms with E-state index in [1.165, 1.54) is 23.9 Å². The predicted molar refractivity (Wildman–Crippen MR) is 71.9 cm³/mol. The summed E-state index contributed by atoms with van der Waals surface area (Å²) in [6.07, 6.45) is -0.800. The molecule has 4 N–H and O–H groups in total. The Hall–Kier alpha value is -1.52. The van der Waals surface area contributed by atoms with Crippen molar-refractivity contribution in [2.24, 2.45) is 5.73 Å². The lowest BCUT2D eigenvalue weighted by atomic mass is 10.1. The van der Waals surface area contributed by atoms with E-state index in [4.69, 9.17) is 19.9 Å². The van der Waals surface area contributed by atoms with E-state index in [1.807, 2.05) is 0 Å². The largest absolute Gasteiger partial charge is 0.394 e. The molecule has 1 fully saturated rings. The van der Waals surface area contributed by atoms with Gasteiger partial charge in [0.15, 0.2) is 6.23 Å². The molecule has 2 heterocycles. The number of nitrogens with zero attached hydrogens (tertiary/aromatic N) is 1. The number of hydrogen-bond acceptors (Lipinski definition) is 7. The molecule has 21 heavy (non-hydrogen) atoms. The SMILES string of the molecule is COCCO[C@@H]1[C@H](N)[C@@H](CO)O[C@H]1n1ccc(=O)[nH]c1=O. The van der Waals surface area contributed by atoms with Gasteiger partial charge >= 0.3 is 5.69 Å². The van der Waals surface area contributed by atoms with E-state index in [-0.39, 0.29) is 13.2 Å². The first-order chi connectivity index (χ1) is 10.1. The minimum absolute atomic E-state index is 0.269. The lowest BCUT2D eigenvalue weighted by Crippen LogP contribution is -2.44. The molecule has 0 saturated carbocycles. The monoisotopic (exact) mass is 301 g/mol. The lowest BCUT2D eigenvalue weighted by molar-refractivity contribution is -0.0789. The average molecular weight is 301 g/mol. The Morgan fingerprint density at radius 1 is 1.48 bits per heavy atom. The van der Waals surface area contributed by atoms with Crippen molar-refractivity contribution in [3.8, 4) is 0 Å². The third-order valence-electron chi connectivity index (χ3n) is 3.31. The molecule has 0 aliphatic carbocycles. The molecule has 1 aliphatic rings. The van der Waals surface area contributed by atoms with Crippen LogP contribution in [-0.4, -0.2) is 59.8 Å². The van der Waals surface area contributed by atoms with E-state index in [0.29, 0.717) is 6.61 Å². The first kappa shape index (κ1) is 15.9. The quantitative estimate of drug-likeness (QED) is 0.508. The molecule has 1 saturated heterocycles. The van der Waals surface area contributed by atoms with Crippen LogP contribution in [0.4, 0.5) is 0 Å². The fourth-order valence-corrected chi connectivity index (χ4v) is 2.23. The molecule has 1 aromatic heterocycles. The zero-order valence-corrected chi connectivity index (χ0v) is 11.6. The molecule has 0 radical (unpaired) electrons. The van der Waals surface area contributed by atoms with Crippen LogP contribution in [0.5, 0.6) is 0 Å². The summed E-state index contributed by atoms with van der Waals surface area (Å²) in [5.74, 6) is 0. The predicted octanol–water partition coefficient (Wildman–Crippen LogP) is -2.21. The number of ether oxygens (including phenoxy) is 3. The maximum Gasteiger partial charge on any atom is 0.330 e. The number of rotatable bonds is 6. The van der Waals surface area contributed by atoms with Crippen LogP contribution < -0.4 is 17.0 Å². The van der Waals surface area contributed by atoms with Crippen LogP contribution in [0.1, 0.15) is 6.23 Å². The van der Waals surface area contributed by atoms with Gasteiger partial charge in [0.05, 0.1) is 25.9 Å². The Balaban J connectivity index is 2.25. The Labute approximate surface area is 120 Å². The molecule has 0 aromatic carbocycles. The highest BCUT2D eigenvalue weighted by atomic mass is 16.6. The smallest absolute Gasteiger partial charge is 0.330 e. The molecule has 1 aliphatic heterocycles. The van der Waals surface area contributed by atoms with Crippen LogP contribution in [-0.2, 0) is 14.2 Å². The van der Waals surface area contributed by atoms with Crippen LogP contribution in [0.25, 0.3) is 0 Å². The van der Waals surface area contributed by atoms with Gasteiger partial charge in [0.2, 0.25) is 0 Å². The maximum absolute atomic E-state index is 11.8. The van der Waals surface area contributed by atoms with Gasteiger partial charge in [-0.1, -0.05) is 0 Å².